The van der Waals surface area contributed by atoms with Crippen LogP contribution in [0, 0.1) is 0 Å². The van der Waals surface area contributed by atoms with E-state index in [1.807, 2.05) is 36.4 Å². The predicted octanol–water partition coefficient (Wildman–Crippen LogP) is 6.72. The molecule has 0 saturated carbocycles. The molecule has 8 heteroatoms. The molecule has 4 nitrogen and oxygen atoms in total. The maximum absolute atomic E-state index is 12.4. The number of thiocarbonyl (C=S) groups is 1. The van der Waals surface area contributed by atoms with Gasteiger partial charge in [0.1, 0.15) is 16.9 Å². The highest BCUT2D eigenvalue weighted by atomic mass is 32.2. The highest BCUT2D eigenvalue weighted by molar-refractivity contribution is 7.99. The van der Waals surface area contributed by atoms with Gasteiger partial charge in [-0.05, 0) is 48.6 Å². The van der Waals surface area contributed by atoms with Crippen LogP contribution in [0.5, 0.6) is 5.75 Å². The summed E-state index contributed by atoms with van der Waals surface area (Å²) in [7, 11) is 1.59. The zero-order chi connectivity index (χ0) is 20.4. The third-order valence-corrected chi connectivity index (χ3v) is 5.21. The van der Waals surface area contributed by atoms with Crippen molar-refractivity contribution < 1.29 is 17.9 Å². The highest BCUT2D eigenvalue weighted by Gasteiger charge is 2.13. The Balaban J connectivity index is 1.55. The first-order valence-electron chi connectivity index (χ1n) is 8.65. The minimum absolute atomic E-state index is 0.341. The van der Waals surface area contributed by atoms with Crippen LogP contribution in [-0.4, -0.2) is 18.0 Å². The summed E-state index contributed by atoms with van der Waals surface area (Å²) in [6.45, 7) is 0. The minimum atomic E-state index is -2.45. The van der Waals surface area contributed by atoms with Gasteiger partial charge in [0.05, 0.1) is 12.8 Å². The zero-order valence-electron chi connectivity index (χ0n) is 15.2. The summed E-state index contributed by atoms with van der Waals surface area (Å²) in [6.07, 6.45) is 0. The lowest BCUT2D eigenvalue weighted by Gasteiger charge is -2.14. The molecule has 0 aliphatic rings. The fourth-order valence-electron chi connectivity index (χ4n) is 3.02. The second-order valence-corrected chi connectivity index (χ2v) is 7.60. The summed E-state index contributed by atoms with van der Waals surface area (Å²) < 4.78 is 36.3. The van der Waals surface area contributed by atoms with Crippen molar-refractivity contribution in [1.82, 2.24) is 0 Å². The number of hydrogen-bond donors (Lipinski definition) is 2. The summed E-state index contributed by atoms with van der Waals surface area (Å²) in [4.78, 5) is 0.487. The van der Waals surface area contributed by atoms with E-state index in [1.54, 1.807) is 31.4 Å². The van der Waals surface area contributed by atoms with Crippen molar-refractivity contribution in [3.63, 3.8) is 0 Å². The van der Waals surface area contributed by atoms with Gasteiger partial charge < -0.3 is 19.8 Å². The van der Waals surface area contributed by atoms with Crippen LogP contribution < -0.4 is 15.4 Å². The molecule has 0 fully saturated rings. The number of ether oxygens (including phenoxy) is 1. The standard InChI is InChI=1S/C21H16F2N2O2S2/c1-26-19-10-15-14-4-2-3-5-17(14)27-18(15)11-16(19)25-21(28)24-12-6-8-13(9-7-12)29-20(22)23/h2-11,20H,1H3,(H2,24,25,28). The van der Waals surface area contributed by atoms with Crippen molar-refractivity contribution in [2.45, 2.75) is 10.7 Å². The summed E-state index contributed by atoms with van der Waals surface area (Å²) in [5, 5.41) is 8.44. The average molecular weight is 431 g/mol. The molecule has 0 aliphatic heterocycles. The summed E-state index contributed by atoms with van der Waals surface area (Å²) >= 11 is 5.88. The lowest BCUT2D eigenvalue weighted by Crippen LogP contribution is -2.19. The molecule has 0 amide bonds. The van der Waals surface area contributed by atoms with Gasteiger partial charge in [0.2, 0.25) is 0 Å². The molecule has 1 aromatic heterocycles. The van der Waals surface area contributed by atoms with E-state index in [0.29, 0.717) is 44.5 Å². The van der Waals surface area contributed by atoms with Gasteiger partial charge >= 0.3 is 0 Å². The molecule has 4 aromatic rings. The number of alkyl halides is 2. The number of benzene rings is 3. The number of hydrogen-bond acceptors (Lipinski definition) is 4. The first-order chi connectivity index (χ1) is 14.0. The number of rotatable bonds is 5. The lowest BCUT2D eigenvalue weighted by molar-refractivity contribution is 0.252. The van der Waals surface area contributed by atoms with E-state index in [2.05, 4.69) is 10.6 Å². The third-order valence-electron chi connectivity index (χ3n) is 4.28. The summed E-state index contributed by atoms with van der Waals surface area (Å²) in [5.74, 6) is -1.82. The van der Waals surface area contributed by atoms with Gasteiger partial charge in [-0.25, -0.2) is 0 Å². The van der Waals surface area contributed by atoms with Gasteiger partial charge in [0.15, 0.2) is 5.11 Å². The zero-order valence-corrected chi connectivity index (χ0v) is 16.9. The van der Waals surface area contributed by atoms with Crippen LogP contribution in [0.2, 0.25) is 0 Å². The molecule has 2 N–H and O–H groups in total. The van der Waals surface area contributed by atoms with Crippen LogP contribution in [0.15, 0.2) is 70.0 Å². The van der Waals surface area contributed by atoms with E-state index in [9.17, 15) is 8.78 Å². The number of fused-ring (bicyclic) bond motifs is 3. The van der Waals surface area contributed by atoms with Crippen molar-refractivity contribution in [2.75, 3.05) is 17.7 Å². The molecule has 0 atom stereocenters. The van der Waals surface area contributed by atoms with Crippen molar-refractivity contribution in [1.29, 1.82) is 0 Å². The van der Waals surface area contributed by atoms with Crippen LogP contribution in [0.3, 0.4) is 0 Å². The Hall–Kier alpha value is -2.84. The van der Waals surface area contributed by atoms with Gasteiger partial charge in [-0.1, -0.05) is 30.0 Å². The number of halogens is 2. The Labute approximate surface area is 175 Å². The molecule has 0 aliphatic carbocycles. The van der Waals surface area contributed by atoms with Crippen LogP contribution in [-0.2, 0) is 0 Å². The Morgan fingerprint density at radius 1 is 1.00 bits per heavy atom. The second-order valence-electron chi connectivity index (χ2n) is 6.13. The molecule has 0 bridgehead atoms. The first-order valence-corrected chi connectivity index (χ1v) is 9.94. The Bertz CT molecular complexity index is 1180. The molecule has 1 heterocycles. The molecule has 0 saturated heterocycles. The number of methoxy groups -OCH3 is 1. The topological polar surface area (TPSA) is 46.4 Å². The highest BCUT2D eigenvalue weighted by Crippen LogP contribution is 2.36. The van der Waals surface area contributed by atoms with E-state index in [4.69, 9.17) is 21.4 Å². The number of para-hydroxylation sites is 1. The van der Waals surface area contributed by atoms with Crippen LogP contribution >= 0.6 is 24.0 Å². The smallest absolute Gasteiger partial charge is 0.288 e. The molecular weight excluding hydrogens is 414 g/mol. The SMILES string of the molecule is COc1cc2c(cc1NC(=S)Nc1ccc(SC(F)F)cc1)oc1ccccc12. The predicted molar refractivity (Wildman–Crippen MR) is 118 cm³/mol. The molecule has 0 unspecified atom stereocenters. The molecule has 0 spiro atoms. The molecular formula is C21H16F2N2O2S2. The molecule has 4 rings (SSSR count). The summed E-state index contributed by atoms with van der Waals surface area (Å²) in [5.41, 5.74) is 2.85. The normalized spacial score (nSPS) is 11.2. The fourth-order valence-corrected chi connectivity index (χ4v) is 3.75. The maximum Gasteiger partial charge on any atom is 0.288 e. The van der Waals surface area contributed by atoms with Crippen LogP contribution in [0.25, 0.3) is 21.9 Å². The van der Waals surface area contributed by atoms with Crippen molar-refractivity contribution in [2.24, 2.45) is 0 Å². The fraction of sp³-hybridized carbons (Fsp3) is 0.0952. The number of anilines is 2. The number of furan rings is 1. The quantitative estimate of drug-likeness (QED) is 0.271. The molecule has 148 valence electrons. The van der Waals surface area contributed by atoms with Gasteiger partial charge in [-0.15, -0.1) is 0 Å². The Morgan fingerprint density at radius 2 is 1.76 bits per heavy atom. The van der Waals surface area contributed by atoms with Crippen molar-refractivity contribution >= 4 is 62.4 Å². The van der Waals surface area contributed by atoms with E-state index in [0.717, 1.165) is 16.4 Å². The van der Waals surface area contributed by atoms with Crippen molar-refractivity contribution in [3.8, 4) is 5.75 Å². The number of thioether (sulfide) groups is 1. The van der Waals surface area contributed by atoms with E-state index < -0.39 is 5.76 Å². The van der Waals surface area contributed by atoms with E-state index in [1.165, 1.54) is 0 Å². The van der Waals surface area contributed by atoms with Crippen LogP contribution in [0.4, 0.5) is 20.2 Å². The Morgan fingerprint density at radius 3 is 2.48 bits per heavy atom. The molecule has 0 radical (unpaired) electrons. The van der Waals surface area contributed by atoms with E-state index >= 15 is 0 Å². The van der Waals surface area contributed by atoms with Gasteiger partial charge in [0, 0.05) is 27.4 Å². The first kappa shape index (κ1) is 19.5. The summed E-state index contributed by atoms with van der Waals surface area (Å²) in [6, 6.07) is 18.1. The average Bonchev–Trinajstić information content (AvgIpc) is 3.05. The maximum atomic E-state index is 12.4. The lowest BCUT2D eigenvalue weighted by atomic mass is 10.1. The Kier molecular flexibility index (Phi) is 5.55. The van der Waals surface area contributed by atoms with Gasteiger partial charge in [-0.3, -0.25) is 0 Å². The number of nitrogens with one attached hydrogen (secondary N) is 2. The van der Waals surface area contributed by atoms with Crippen LogP contribution in [0.1, 0.15) is 0 Å². The molecule has 29 heavy (non-hydrogen) atoms. The van der Waals surface area contributed by atoms with Gasteiger partial charge in [-0.2, -0.15) is 8.78 Å². The largest absolute Gasteiger partial charge is 0.495 e. The monoisotopic (exact) mass is 430 g/mol. The molecule has 3 aromatic carbocycles. The minimum Gasteiger partial charge on any atom is -0.495 e. The second kappa shape index (κ2) is 8.26. The van der Waals surface area contributed by atoms with Crippen molar-refractivity contribution in [3.05, 3.63) is 60.7 Å². The van der Waals surface area contributed by atoms with E-state index in [-0.39, 0.29) is 0 Å². The van der Waals surface area contributed by atoms with Gasteiger partial charge in [0.25, 0.3) is 5.76 Å². The third kappa shape index (κ3) is 4.28.